The third-order valence-corrected chi connectivity index (χ3v) is 4.97. The number of aryl methyl sites for hydroxylation is 2. The lowest BCUT2D eigenvalue weighted by Gasteiger charge is -2.24. The quantitative estimate of drug-likeness (QED) is 0.566. The summed E-state index contributed by atoms with van der Waals surface area (Å²) in [5, 5.41) is 0. The molecule has 2 heterocycles. The van der Waals surface area contributed by atoms with Gasteiger partial charge in [-0.3, -0.25) is 4.98 Å². The van der Waals surface area contributed by atoms with E-state index in [0.717, 1.165) is 16.7 Å². The Bertz CT molecular complexity index is 977. The Kier molecular flexibility index (Phi) is 4.07. The van der Waals surface area contributed by atoms with Gasteiger partial charge in [0.05, 0.1) is 6.61 Å². The Hall–Kier alpha value is -2.66. The van der Waals surface area contributed by atoms with E-state index >= 15 is 8.78 Å². The van der Waals surface area contributed by atoms with Crippen LogP contribution in [-0.2, 0) is 16.3 Å². The Labute approximate surface area is 155 Å². The first-order valence-electron chi connectivity index (χ1n) is 8.65. The maximum absolute atomic E-state index is 15.2. The van der Waals surface area contributed by atoms with Crippen LogP contribution in [0.3, 0.4) is 0 Å². The molecule has 1 saturated heterocycles. The molecule has 2 aromatic carbocycles. The molecule has 5 heteroatoms. The molecule has 2 nitrogen and oxygen atoms in total. The minimum Gasteiger partial charge on any atom is -0.357 e. The van der Waals surface area contributed by atoms with E-state index in [1.807, 2.05) is 31.2 Å². The van der Waals surface area contributed by atoms with Crippen molar-refractivity contribution >= 4 is 0 Å². The lowest BCUT2D eigenvalue weighted by molar-refractivity contribution is -0.0901. The number of nitrogens with zero attached hydrogens (tertiary/aromatic N) is 1. The summed E-state index contributed by atoms with van der Waals surface area (Å²) < 4.78 is 49.8. The summed E-state index contributed by atoms with van der Waals surface area (Å²) in [7, 11) is 0. The van der Waals surface area contributed by atoms with Gasteiger partial charge in [0.1, 0.15) is 11.5 Å². The highest BCUT2D eigenvalue weighted by Gasteiger charge is 2.68. The Morgan fingerprint density at radius 1 is 0.926 bits per heavy atom. The molecule has 1 aliphatic heterocycles. The minimum absolute atomic E-state index is 0.137. The highest BCUT2D eigenvalue weighted by molar-refractivity contribution is 5.62. The molecule has 3 aromatic rings. The lowest BCUT2D eigenvalue weighted by atomic mass is 9.89. The van der Waals surface area contributed by atoms with Crippen LogP contribution >= 0.6 is 0 Å². The fourth-order valence-electron chi connectivity index (χ4n) is 3.23. The summed E-state index contributed by atoms with van der Waals surface area (Å²) >= 11 is 0. The second-order valence-corrected chi connectivity index (χ2v) is 6.97. The van der Waals surface area contributed by atoms with Gasteiger partial charge in [-0.1, -0.05) is 48.0 Å². The number of hydrogen-bond acceptors (Lipinski definition) is 2. The zero-order chi connectivity index (χ0) is 19.2. The molecule has 1 atom stereocenters. The average Bonchev–Trinajstić information content (AvgIpc) is 3.45. The largest absolute Gasteiger partial charge is 0.357 e. The van der Waals surface area contributed by atoms with Crippen molar-refractivity contribution in [1.82, 2.24) is 4.98 Å². The molecule has 0 aliphatic carbocycles. The number of ether oxygens (including phenoxy) is 1. The average molecular weight is 369 g/mol. The van der Waals surface area contributed by atoms with Gasteiger partial charge in [0.15, 0.2) is 5.60 Å². The van der Waals surface area contributed by atoms with Crippen molar-refractivity contribution in [3.8, 4) is 11.1 Å². The van der Waals surface area contributed by atoms with E-state index in [2.05, 4.69) is 4.98 Å². The number of halogens is 3. The van der Waals surface area contributed by atoms with Gasteiger partial charge in [0.25, 0.3) is 0 Å². The number of epoxide rings is 1. The maximum atomic E-state index is 15.2. The van der Waals surface area contributed by atoms with Crippen LogP contribution in [0.4, 0.5) is 13.2 Å². The Morgan fingerprint density at radius 3 is 2.11 bits per heavy atom. The predicted octanol–water partition coefficient (Wildman–Crippen LogP) is 5.52. The van der Waals surface area contributed by atoms with E-state index in [1.54, 1.807) is 19.1 Å². The van der Waals surface area contributed by atoms with Gasteiger partial charge in [-0.05, 0) is 37.1 Å². The monoisotopic (exact) mass is 369 g/mol. The third kappa shape index (κ3) is 2.92. The van der Waals surface area contributed by atoms with Gasteiger partial charge in [0, 0.05) is 17.3 Å². The number of rotatable bonds is 4. The van der Waals surface area contributed by atoms with Crippen molar-refractivity contribution in [3.63, 3.8) is 0 Å². The van der Waals surface area contributed by atoms with Crippen molar-refractivity contribution in [2.75, 3.05) is 6.61 Å². The molecule has 1 fully saturated rings. The van der Waals surface area contributed by atoms with Gasteiger partial charge < -0.3 is 4.74 Å². The maximum Gasteiger partial charge on any atom is 0.324 e. The van der Waals surface area contributed by atoms with Crippen molar-refractivity contribution in [2.24, 2.45) is 0 Å². The van der Waals surface area contributed by atoms with E-state index in [9.17, 15) is 4.39 Å². The topological polar surface area (TPSA) is 25.4 Å². The van der Waals surface area contributed by atoms with Crippen LogP contribution in [0.15, 0.2) is 60.8 Å². The SMILES string of the molecule is Cc1ccc(-c2ccc(C(F)(F)[C@]3(c4ccc(C)cc4F)CO3)nc2)cc1. The summed E-state index contributed by atoms with van der Waals surface area (Å²) in [6.45, 7) is 3.43. The molecule has 1 aromatic heterocycles. The molecular formula is C22H18F3NO. The smallest absolute Gasteiger partial charge is 0.324 e. The number of alkyl halides is 2. The molecular weight excluding hydrogens is 351 g/mol. The second kappa shape index (κ2) is 6.20. The van der Waals surface area contributed by atoms with Gasteiger partial charge in [0.2, 0.25) is 0 Å². The van der Waals surface area contributed by atoms with Crippen LogP contribution in [0.2, 0.25) is 0 Å². The van der Waals surface area contributed by atoms with Crippen LogP contribution in [0.25, 0.3) is 11.1 Å². The Balaban J connectivity index is 1.68. The lowest BCUT2D eigenvalue weighted by Crippen LogP contribution is -2.34. The third-order valence-electron chi connectivity index (χ3n) is 4.97. The van der Waals surface area contributed by atoms with Crippen LogP contribution in [0.5, 0.6) is 0 Å². The molecule has 0 amide bonds. The van der Waals surface area contributed by atoms with Crippen molar-refractivity contribution in [1.29, 1.82) is 0 Å². The van der Waals surface area contributed by atoms with Crippen LogP contribution in [-0.4, -0.2) is 11.6 Å². The molecule has 0 bridgehead atoms. The first kappa shape index (κ1) is 17.7. The molecule has 138 valence electrons. The van der Waals surface area contributed by atoms with Crippen molar-refractivity contribution in [2.45, 2.75) is 25.4 Å². The van der Waals surface area contributed by atoms with E-state index in [-0.39, 0.29) is 12.2 Å². The van der Waals surface area contributed by atoms with Crippen molar-refractivity contribution < 1.29 is 17.9 Å². The number of pyridine rings is 1. The molecule has 0 radical (unpaired) electrons. The van der Waals surface area contributed by atoms with Crippen molar-refractivity contribution in [3.05, 3.63) is 89.0 Å². The zero-order valence-corrected chi connectivity index (χ0v) is 15.0. The summed E-state index contributed by atoms with van der Waals surface area (Å²) in [6, 6.07) is 14.8. The summed E-state index contributed by atoms with van der Waals surface area (Å²) in [5.74, 6) is -4.14. The predicted molar refractivity (Wildman–Crippen MR) is 97.1 cm³/mol. The summed E-state index contributed by atoms with van der Waals surface area (Å²) in [6.07, 6.45) is 1.41. The minimum atomic E-state index is -3.45. The fourth-order valence-corrected chi connectivity index (χ4v) is 3.23. The molecule has 1 aliphatic rings. The van der Waals surface area contributed by atoms with E-state index < -0.39 is 23.0 Å². The second-order valence-electron chi connectivity index (χ2n) is 6.97. The number of aromatic nitrogens is 1. The van der Waals surface area contributed by atoms with Gasteiger partial charge in [-0.2, -0.15) is 8.78 Å². The van der Waals surface area contributed by atoms with Crippen LogP contribution < -0.4 is 0 Å². The first-order chi connectivity index (χ1) is 12.8. The molecule has 27 heavy (non-hydrogen) atoms. The highest BCUT2D eigenvalue weighted by Crippen LogP contribution is 2.56. The van der Waals surface area contributed by atoms with E-state index in [4.69, 9.17) is 4.74 Å². The first-order valence-corrected chi connectivity index (χ1v) is 8.65. The fraction of sp³-hybridized carbons (Fsp3) is 0.227. The summed E-state index contributed by atoms with van der Waals surface area (Å²) in [5.41, 5.74) is 0.840. The molecule has 0 unspecified atom stereocenters. The summed E-state index contributed by atoms with van der Waals surface area (Å²) in [4.78, 5) is 3.98. The molecule has 0 saturated carbocycles. The van der Waals surface area contributed by atoms with Gasteiger partial charge in [-0.25, -0.2) is 4.39 Å². The van der Waals surface area contributed by atoms with Crippen LogP contribution in [0.1, 0.15) is 22.4 Å². The standard InChI is InChI=1S/C22H18F3NO/c1-14-3-6-16(7-4-14)17-8-10-20(26-12-17)22(24,25)21(13-27-21)18-9-5-15(2)11-19(18)23/h3-12H,13H2,1-2H3/t21-/m1/s1. The number of hydrogen-bond donors (Lipinski definition) is 0. The molecule has 0 spiro atoms. The normalized spacial score (nSPS) is 19.1. The molecule has 0 N–H and O–H groups in total. The van der Waals surface area contributed by atoms with Gasteiger partial charge in [-0.15, -0.1) is 0 Å². The van der Waals surface area contributed by atoms with Gasteiger partial charge >= 0.3 is 5.92 Å². The highest BCUT2D eigenvalue weighted by atomic mass is 19.3. The van der Waals surface area contributed by atoms with Crippen LogP contribution in [0, 0.1) is 19.7 Å². The molecule has 4 rings (SSSR count). The number of benzene rings is 2. The Morgan fingerprint density at radius 2 is 1.56 bits per heavy atom. The zero-order valence-electron chi connectivity index (χ0n) is 15.0. The van der Waals surface area contributed by atoms with E-state index in [1.165, 1.54) is 24.4 Å². The van der Waals surface area contributed by atoms with E-state index in [0.29, 0.717) is 5.56 Å².